The van der Waals surface area contributed by atoms with Crippen LogP contribution in [-0.2, 0) is 23.9 Å². The van der Waals surface area contributed by atoms with Crippen molar-refractivity contribution in [2.45, 2.75) is 42.5 Å². The molecule has 3 unspecified atom stereocenters. The highest BCUT2D eigenvalue weighted by Gasteiger charge is 2.74. The number of hydrogen-bond donors (Lipinski definition) is 5. The van der Waals surface area contributed by atoms with Gasteiger partial charge in [0.2, 0.25) is 17.6 Å². The molecular weight excluding hydrogens is 410 g/mol. The van der Waals surface area contributed by atoms with E-state index < -0.39 is 39.8 Å². The molecule has 0 aliphatic carbocycles. The largest absolute Gasteiger partial charge is 0.370 e. The van der Waals surface area contributed by atoms with E-state index in [1.54, 1.807) is 0 Å². The molecule has 2 amide bonds. The van der Waals surface area contributed by atoms with E-state index in [0.717, 1.165) is 11.2 Å². The molecular formula is C14H21N7O7S. The number of carbonyl (C=O) groups is 2. The summed E-state index contributed by atoms with van der Waals surface area (Å²) in [5, 5.41) is 24.6. The molecule has 0 aromatic rings. The standard InChI is InChI=1S/C14H21N7O7S/c1-29(26,27)28-7-5-21-12(16)17-6(4-20-8(22)2-3-9(20)23)10-13(21,14(7,24)25)19-11(15)18-10/h6-7,10,24-25H,2-5H2,1H3,(H2,16,17)(H3,15,18,19)/t6?,7-,10?,13?/m0/s1. The molecule has 0 saturated carbocycles. The van der Waals surface area contributed by atoms with E-state index in [4.69, 9.17) is 15.7 Å². The zero-order valence-corrected chi connectivity index (χ0v) is 16.2. The van der Waals surface area contributed by atoms with Gasteiger partial charge in [-0.2, -0.15) is 8.42 Å². The van der Waals surface area contributed by atoms with Crippen molar-refractivity contribution in [1.82, 2.24) is 15.1 Å². The fraction of sp³-hybridized carbons (Fsp3) is 0.714. The first-order valence-electron chi connectivity index (χ1n) is 8.75. The van der Waals surface area contributed by atoms with Crippen molar-refractivity contribution in [3.05, 3.63) is 0 Å². The fourth-order valence-corrected chi connectivity index (χ4v) is 4.99. The highest BCUT2D eigenvalue weighted by molar-refractivity contribution is 7.86. The van der Waals surface area contributed by atoms with Crippen LogP contribution in [0.15, 0.2) is 9.98 Å². The number of nitrogens with two attached hydrogens (primary N) is 2. The van der Waals surface area contributed by atoms with Crippen LogP contribution in [0.2, 0.25) is 0 Å². The lowest BCUT2D eigenvalue weighted by molar-refractivity contribution is -0.251. The van der Waals surface area contributed by atoms with Crippen molar-refractivity contribution in [2.75, 3.05) is 19.3 Å². The van der Waals surface area contributed by atoms with E-state index in [1.807, 2.05) is 0 Å². The third-order valence-electron chi connectivity index (χ3n) is 5.56. The Morgan fingerprint density at radius 3 is 2.45 bits per heavy atom. The molecule has 0 aromatic heterocycles. The molecule has 1 spiro atoms. The zero-order valence-electron chi connectivity index (χ0n) is 15.3. The number of hydrogen-bond acceptors (Lipinski definition) is 13. The molecule has 160 valence electrons. The van der Waals surface area contributed by atoms with E-state index in [1.165, 1.54) is 4.90 Å². The highest BCUT2D eigenvalue weighted by atomic mass is 32.2. The first kappa shape index (κ1) is 19.8. The zero-order chi connectivity index (χ0) is 21.4. The number of rotatable bonds is 4. The summed E-state index contributed by atoms with van der Waals surface area (Å²) in [6.45, 7) is -0.527. The van der Waals surface area contributed by atoms with Crippen LogP contribution in [0.3, 0.4) is 0 Å². The summed E-state index contributed by atoms with van der Waals surface area (Å²) in [5.41, 5.74) is 9.93. The van der Waals surface area contributed by atoms with Gasteiger partial charge in [0.05, 0.1) is 25.4 Å². The third-order valence-corrected chi connectivity index (χ3v) is 6.15. The molecule has 7 N–H and O–H groups in total. The quantitative estimate of drug-likeness (QED) is 0.162. The monoisotopic (exact) mass is 431 g/mol. The van der Waals surface area contributed by atoms with Crippen LogP contribution in [0.25, 0.3) is 0 Å². The summed E-state index contributed by atoms with van der Waals surface area (Å²) in [6, 6.07) is -2.04. The molecule has 0 radical (unpaired) electrons. The Hall–Kier alpha value is -2.49. The molecule has 2 fully saturated rings. The number of aliphatic hydroxyl groups is 2. The van der Waals surface area contributed by atoms with Crippen LogP contribution in [0.1, 0.15) is 12.8 Å². The summed E-state index contributed by atoms with van der Waals surface area (Å²) in [4.78, 5) is 34.7. The van der Waals surface area contributed by atoms with Crippen LogP contribution < -0.4 is 16.8 Å². The minimum atomic E-state index is -4.05. The van der Waals surface area contributed by atoms with Gasteiger partial charge < -0.3 is 31.9 Å². The number of likely N-dealkylation sites (tertiary alicyclic amines) is 1. The van der Waals surface area contributed by atoms with Gasteiger partial charge in [-0.1, -0.05) is 0 Å². The van der Waals surface area contributed by atoms with E-state index in [-0.39, 0.29) is 49.7 Å². The molecule has 14 nitrogen and oxygen atoms in total. The third kappa shape index (κ3) is 2.76. The van der Waals surface area contributed by atoms with Crippen molar-refractivity contribution in [1.29, 1.82) is 0 Å². The molecule has 4 aliphatic heterocycles. The van der Waals surface area contributed by atoms with E-state index >= 15 is 0 Å². The molecule has 4 heterocycles. The Labute approximate surface area is 165 Å². The van der Waals surface area contributed by atoms with Gasteiger partial charge in [-0.05, 0) is 0 Å². The number of carbonyl (C=O) groups excluding carboxylic acids is 2. The fourth-order valence-electron chi connectivity index (χ4n) is 4.37. The predicted octanol–water partition coefficient (Wildman–Crippen LogP) is -4.84. The molecule has 0 aromatic carbocycles. The lowest BCUT2D eigenvalue weighted by Gasteiger charge is -2.49. The number of nitrogens with zero attached hydrogens (tertiary/aromatic N) is 4. The van der Waals surface area contributed by atoms with E-state index in [0.29, 0.717) is 0 Å². The molecule has 15 heteroatoms. The second kappa shape index (κ2) is 6.01. The van der Waals surface area contributed by atoms with Crippen LogP contribution in [0, 0.1) is 0 Å². The van der Waals surface area contributed by atoms with Gasteiger partial charge in [0, 0.05) is 12.8 Å². The van der Waals surface area contributed by atoms with Crippen molar-refractivity contribution in [2.24, 2.45) is 21.5 Å². The van der Waals surface area contributed by atoms with Crippen molar-refractivity contribution >= 4 is 33.9 Å². The average Bonchev–Trinajstić information content (AvgIpc) is 3.17. The van der Waals surface area contributed by atoms with E-state index in [2.05, 4.69) is 15.3 Å². The first-order chi connectivity index (χ1) is 13.4. The normalized spacial score (nSPS) is 35.9. The van der Waals surface area contributed by atoms with Gasteiger partial charge in [-0.3, -0.25) is 18.7 Å². The molecule has 0 bridgehead atoms. The minimum Gasteiger partial charge on any atom is -0.370 e. The summed E-state index contributed by atoms with van der Waals surface area (Å²) in [7, 11) is -4.05. The van der Waals surface area contributed by atoms with Crippen LogP contribution in [0.4, 0.5) is 0 Å². The summed E-state index contributed by atoms with van der Waals surface area (Å²) in [6.07, 6.45) is -0.709. The van der Waals surface area contributed by atoms with Crippen molar-refractivity contribution < 1.29 is 32.4 Å². The van der Waals surface area contributed by atoms with Crippen LogP contribution in [0.5, 0.6) is 0 Å². The maximum atomic E-state index is 12.0. The van der Waals surface area contributed by atoms with Crippen molar-refractivity contribution in [3.63, 3.8) is 0 Å². The van der Waals surface area contributed by atoms with Crippen LogP contribution >= 0.6 is 0 Å². The van der Waals surface area contributed by atoms with Crippen molar-refractivity contribution in [3.8, 4) is 0 Å². The Bertz CT molecular complexity index is 932. The lowest BCUT2D eigenvalue weighted by Crippen LogP contribution is -2.77. The number of aliphatic imine (C=N–C) groups is 2. The number of guanidine groups is 2. The topological polar surface area (TPSA) is 213 Å². The Balaban J connectivity index is 1.74. The summed E-state index contributed by atoms with van der Waals surface area (Å²) < 4.78 is 28.1. The van der Waals surface area contributed by atoms with Gasteiger partial charge in [0.15, 0.2) is 23.7 Å². The molecule has 4 rings (SSSR count). The average molecular weight is 431 g/mol. The first-order valence-corrected chi connectivity index (χ1v) is 10.6. The number of imide groups is 1. The van der Waals surface area contributed by atoms with Gasteiger partial charge in [0.25, 0.3) is 10.1 Å². The lowest BCUT2D eigenvalue weighted by atomic mass is 9.85. The predicted molar refractivity (Wildman–Crippen MR) is 96.2 cm³/mol. The molecule has 29 heavy (non-hydrogen) atoms. The van der Waals surface area contributed by atoms with Gasteiger partial charge >= 0.3 is 0 Å². The Morgan fingerprint density at radius 1 is 1.24 bits per heavy atom. The molecule has 4 atom stereocenters. The minimum absolute atomic E-state index is 0.0740. The SMILES string of the molecule is CS(=O)(=O)O[C@H]1CN2C(N)=NC(CN3C(=O)CCC3=O)C3N=C(N)NC32C1(O)O. The molecule has 2 saturated heterocycles. The van der Waals surface area contributed by atoms with Crippen LogP contribution in [-0.4, -0.2) is 101 Å². The van der Waals surface area contributed by atoms with E-state index in [9.17, 15) is 28.2 Å². The van der Waals surface area contributed by atoms with Gasteiger partial charge in [-0.15, -0.1) is 0 Å². The Kier molecular flexibility index (Phi) is 4.10. The maximum Gasteiger partial charge on any atom is 0.264 e. The highest BCUT2D eigenvalue weighted by Crippen LogP contribution is 2.46. The second-order valence-corrected chi connectivity index (χ2v) is 9.03. The van der Waals surface area contributed by atoms with Gasteiger partial charge in [0.1, 0.15) is 6.04 Å². The maximum absolute atomic E-state index is 12.0. The summed E-state index contributed by atoms with van der Waals surface area (Å²) >= 11 is 0. The number of amides is 2. The number of nitrogens with one attached hydrogen (secondary N) is 1. The smallest absolute Gasteiger partial charge is 0.264 e. The second-order valence-electron chi connectivity index (χ2n) is 7.43. The molecule has 4 aliphatic rings. The Morgan fingerprint density at radius 2 is 1.86 bits per heavy atom. The van der Waals surface area contributed by atoms with Gasteiger partial charge in [-0.25, -0.2) is 9.98 Å². The summed E-state index contributed by atoms with van der Waals surface area (Å²) in [5.74, 6) is -3.92.